The third kappa shape index (κ3) is 5.98. The first-order valence-electron chi connectivity index (χ1n) is 12.0. The number of nitrogens with two attached hydrogens (primary N) is 1. The third-order valence-corrected chi connectivity index (χ3v) is 6.50. The van der Waals surface area contributed by atoms with Crippen molar-refractivity contribution in [3.63, 3.8) is 0 Å². The van der Waals surface area contributed by atoms with Crippen molar-refractivity contribution in [1.29, 1.82) is 0 Å². The van der Waals surface area contributed by atoms with E-state index < -0.39 is 17.9 Å². The summed E-state index contributed by atoms with van der Waals surface area (Å²) in [5.74, 6) is -1.65. The van der Waals surface area contributed by atoms with Crippen LogP contribution in [0.15, 0.2) is 60.7 Å². The summed E-state index contributed by atoms with van der Waals surface area (Å²) in [4.78, 5) is 39.9. The van der Waals surface area contributed by atoms with E-state index in [4.69, 9.17) is 22.1 Å². The average Bonchev–Trinajstić information content (AvgIpc) is 3.03. The summed E-state index contributed by atoms with van der Waals surface area (Å²) < 4.78 is 19.7. The minimum Gasteiger partial charge on any atom is -0.457 e. The summed E-state index contributed by atoms with van der Waals surface area (Å²) in [5.41, 5.74) is 8.35. The number of nitrogens with one attached hydrogen (secondary N) is 1. The predicted molar refractivity (Wildman–Crippen MR) is 140 cm³/mol. The van der Waals surface area contributed by atoms with Gasteiger partial charge in [-0.05, 0) is 67.8 Å². The van der Waals surface area contributed by atoms with E-state index in [2.05, 4.69) is 5.32 Å². The molecule has 3 aromatic carbocycles. The number of halogens is 2. The van der Waals surface area contributed by atoms with Crippen LogP contribution in [0, 0.1) is 12.7 Å². The fourth-order valence-corrected chi connectivity index (χ4v) is 4.61. The molecule has 7 nitrogen and oxygen atoms in total. The monoisotopic (exact) mass is 523 g/mol. The molecule has 1 atom stereocenters. The Kier molecular flexibility index (Phi) is 8.21. The number of rotatable bonds is 6. The highest BCUT2D eigenvalue weighted by Gasteiger charge is 2.30. The van der Waals surface area contributed by atoms with E-state index in [0.717, 1.165) is 5.56 Å². The van der Waals surface area contributed by atoms with Gasteiger partial charge in [-0.3, -0.25) is 14.4 Å². The van der Waals surface area contributed by atoms with Crippen LogP contribution in [-0.4, -0.2) is 30.9 Å². The zero-order valence-electron chi connectivity index (χ0n) is 20.3. The minimum atomic E-state index is -0.697. The number of anilines is 2. The van der Waals surface area contributed by atoms with Gasteiger partial charge in [0.05, 0.1) is 22.7 Å². The number of nitrogens with zero attached hydrogens (tertiary/aromatic N) is 1. The van der Waals surface area contributed by atoms with Crippen LogP contribution < -0.4 is 16.0 Å². The van der Waals surface area contributed by atoms with Gasteiger partial charge in [0, 0.05) is 29.9 Å². The van der Waals surface area contributed by atoms with Crippen LogP contribution in [0.25, 0.3) is 0 Å². The number of ether oxygens (including phenoxy) is 1. The zero-order valence-corrected chi connectivity index (χ0v) is 21.1. The molecule has 1 unspecified atom stereocenters. The summed E-state index contributed by atoms with van der Waals surface area (Å²) in [5, 5.41) is 2.96. The number of carbonyl (C=O) groups excluding carboxylic acids is 3. The van der Waals surface area contributed by atoms with Crippen LogP contribution >= 0.6 is 11.6 Å². The molecule has 3 N–H and O–H groups in total. The van der Waals surface area contributed by atoms with E-state index >= 15 is 0 Å². The topological polar surface area (TPSA) is 102 Å². The van der Waals surface area contributed by atoms with Gasteiger partial charge in [0.2, 0.25) is 0 Å². The highest BCUT2D eigenvalue weighted by Crippen LogP contribution is 2.37. The van der Waals surface area contributed by atoms with Gasteiger partial charge in [0.25, 0.3) is 11.8 Å². The highest BCUT2D eigenvalue weighted by atomic mass is 35.5. The molecule has 0 aliphatic carbocycles. The van der Waals surface area contributed by atoms with E-state index in [1.165, 1.54) is 29.2 Å². The lowest BCUT2D eigenvalue weighted by molar-refractivity contribution is -0.149. The largest absolute Gasteiger partial charge is 0.457 e. The number of fused-ring (bicyclic) bond motifs is 1. The second-order valence-electron chi connectivity index (χ2n) is 8.78. The molecule has 1 heterocycles. The molecule has 4 rings (SSSR count). The minimum absolute atomic E-state index is 0.0477. The maximum atomic E-state index is 14.2. The molecule has 2 amide bonds. The Morgan fingerprint density at radius 1 is 1.11 bits per heavy atom. The normalized spacial score (nSPS) is 14.9. The van der Waals surface area contributed by atoms with Gasteiger partial charge in [-0.1, -0.05) is 29.8 Å². The summed E-state index contributed by atoms with van der Waals surface area (Å²) >= 11 is 6.49. The molecule has 0 fully saturated rings. The Bertz CT molecular complexity index is 1350. The van der Waals surface area contributed by atoms with Crippen molar-refractivity contribution < 1.29 is 23.5 Å². The van der Waals surface area contributed by atoms with E-state index in [1.54, 1.807) is 24.3 Å². The Balaban J connectivity index is 1.59. The van der Waals surface area contributed by atoms with Gasteiger partial charge in [-0.2, -0.15) is 0 Å². The molecule has 37 heavy (non-hydrogen) atoms. The van der Waals surface area contributed by atoms with Crippen molar-refractivity contribution in [2.75, 3.05) is 23.3 Å². The molecule has 3 aromatic rings. The first-order chi connectivity index (χ1) is 17.8. The van der Waals surface area contributed by atoms with Gasteiger partial charge in [-0.15, -0.1) is 0 Å². The molecule has 0 saturated heterocycles. The molecule has 192 valence electrons. The van der Waals surface area contributed by atoms with E-state index in [-0.39, 0.29) is 35.4 Å². The molecule has 9 heteroatoms. The molecule has 1 aliphatic rings. The van der Waals surface area contributed by atoms with E-state index in [0.29, 0.717) is 41.9 Å². The molecule has 0 radical (unpaired) electrons. The van der Waals surface area contributed by atoms with Crippen LogP contribution in [0.3, 0.4) is 0 Å². The quantitative estimate of drug-likeness (QED) is 0.420. The molecular weight excluding hydrogens is 497 g/mol. The number of esters is 1. The average molecular weight is 524 g/mol. The molecule has 0 aromatic heterocycles. The van der Waals surface area contributed by atoms with Crippen molar-refractivity contribution >= 4 is 40.8 Å². The second kappa shape index (κ2) is 11.5. The number of hydrogen-bond donors (Lipinski definition) is 2. The maximum absolute atomic E-state index is 14.2. The molecule has 0 bridgehead atoms. The Labute approximate surface area is 219 Å². The number of amides is 2. The number of hydrogen-bond acceptors (Lipinski definition) is 5. The van der Waals surface area contributed by atoms with Crippen molar-refractivity contribution in [2.24, 2.45) is 5.73 Å². The van der Waals surface area contributed by atoms with Crippen LogP contribution in [0.5, 0.6) is 0 Å². The molecule has 0 saturated carbocycles. The zero-order chi connectivity index (χ0) is 26.5. The Morgan fingerprint density at radius 2 is 1.89 bits per heavy atom. The first kappa shape index (κ1) is 26.3. The van der Waals surface area contributed by atoms with Gasteiger partial charge in [0.15, 0.2) is 0 Å². The summed E-state index contributed by atoms with van der Waals surface area (Å²) in [6.45, 7) is 2.31. The van der Waals surface area contributed by atoms with Gasteiger partial charge < -0.3 is 20.7 Å². The molecular formula is C28H27ClFN3O4. The molecule has 1 aliphatic heterocycles. The fourth-order valence-electron chi connectivity index (χ4n) is 4.35. The number of aryl methyl sites for hydroxylation is 1. The predicted octanol–water partition coefficient (Wildman–Crippen LogP) is 5.41. The standard InChI is InChI=1S/C28H27ClFN3O4/c1-17-5-2-3-6-20(17)27(35)32-19-9-10-21(23(29)16-19)28(36)33-14-4-7-25(37-26(34)12-13-31)22-15-18(30)8-11-24(22)33/h2-3,5-6,8-11,15-16,25H,4,7,12-14,31H2,1H3,(H,32,35). The number of benzene rings is 3. The second-order valence-corrected chi connectivity index (χ2v) is 9.19. The number of carbonyl (C=O) groups is 3. The third-order valence-electron chi connectivity index (χ3n) is 6.19. The van der Waals surface area contributed by atoms with Crippen LogP contribution in [0.4, 0.5) is 15.8 Å². The van der Waals surface area contributed by atoms with Gasteiger partial charge in [0.1, 0.15) is 11.9 Å². The van der Waals surface area contributed by atoms with Crippen molar-refractivity contribution in [2.45, 2.75) is 32.3 Å². The maximum Gasteiger partial charge on any atom is 0.307 e. The fraction of sp³-hybridized carbons (Fsp3) is 0.250. The van der Waals surface area contributed by atoms with E-state index in [1.807, 2.05) is 19.1 Å². The van der Waals surface area contributed by atoms with Crippen molar-refractivity contribution in [1.82, 2.24) is 0 Å². The highest BCUT2D eigenvalue weighted by molar-refractivity contribution is 6.35. The Morgan fingerprint density at radius 3 is 2.62 bits per heavy atom. The smallest absolute Gasteiger partial charge is 0.307 e. The van der Waals surface area contributed by atoms with Crippen LogP contribution in [0.2, 0.25) is 5.02 Å². The van der Waals surface area contributed by atoms with Gasteiger partial charge >= 0.3 is 5.97 Å². The summed E-state index contributed by atoms with van der Waals surface area (Å²) in [6.07, 6.45) is 0.294. The van der Waals surface area contributed by atoms with Crippen LogP contribution in [0.1, 0.15) is 57.2 Å². The lowest BCUT2D eigenvalue weighted by Crippen LogP contribution is -2.32. The molecule has 0 spiro atoms. The van der Waals surface area contributed by atoms with Gasteiger partial charge in [-0.25, -0.2) is 4.39 Å². The summed E-state index contributed by atoms with van der Waals surface area (Å²) in [7, 11) is 0. The Hall–Kier alpha value is -3.75. The lowest BCUT2D eigenvalue weighted by Gasteiger charge is -2.25. The lowest BCUT2D eigenvalue weighted by atomic mass is 10.0. The van der Waals surface area contributed by atoms with E-state index in [9.17, 15) is 18.8 Å². The van der Waals surface area contributed by atoms with Crippen molar-refractivity contribution in [3.8, 4) is 0 Å². The SMILES string of the molecule is Cc1ccccc1C(=O)Nc1ccc(C(=O)N2CCCC(OC(=O)CCN)c3cc(F)ccc32)c(Cl)c1. The first-order valence-corrected chi connectivity index (χ1v) is 12.3. The van der Waals surface area contributed by atoms with Crippen LogP contribution in [-0.2, 0) is 9.53 Å². The summed E-state index contributed by atoms with van der Waals surface area (Å²) in [6, 6.07) is 15.9. The van der Waals surface area contributed by atoms with Crippen molar-refractivity contribution in [3.05, 3.63) is 93.8 Å².